The fourth-order valence-corrected chi connectivity index (χ4v) is 2.15. The molecule has 0 aliphatic carbocycles. The monoisotopic (exact) mass is 259 g/mol. The van der Waals surface area contributed by atoms with Crippen LogP contribution in [0.2, 0.25) is 0 Å². The highest BCUT2D eigenvalue weighted by atomic mass is 16.3. The van der Waals surface area contributed by atoms with Gasteiger partial charge in [0.1, 0.15) is 11.5 Å². The second kappa shape index (κ2) is 6.55. The van der Waals surface area contributed by atoms with Crippen molar-refractivity contribution in [3.05, 3.63) is 59.0 Å². The molecule has 1 N–H and O–H groups in total. The summed E-state index contributed by atoms with van der Waals surface area (Å²) in [5, 5.41) is 9.18. The Bertz CT molecular complexity index is 485. The zero-order valence-electron chi connectivity index (χ0n) is 11.6. The molecule has 0 amide bonds. The van der Waals surface area contributed by atoms with Crippen LogP contribution in [0.15, 0.2) is 40.8 Å². The molecule has 0 saturated heterocycles. The number of nitrogens with zero attached hydrogens (tertiary/aromatic N) is 1. The Morgan fingerprint density at radius 2 is 1.84 bits per heavy atom. The average molecular weight is 259 g/mol. The van der Waals surface area contributed by atoms with E-state index in [4.69, 9.17) is 4.42 Å². The lowest BCUT2D eigenvalue weighted by atomic mass is 10.2. The van der Waals surface area contributed by atoms with Gasteiger partial charge < -0.3 is 9.52 Å². The molecule has 3 nitrogen and oxygen atoms in total. The Labute approximate surface area is 114 Å². The minimum absolute atomic E-state index is 0.158. The third-order valence-corrected chi connectivity index (χ3v) is 3.26. The van der Waals surface area contributed by atoms with Gasteiger partial charge in [0.05, 0.1) is 13.2 Å². The highest BCUT2D eigenvalue weighted by Gasteiger charge is 2.10. The van der Waals surface area contributed by atoms with Crippen molar-refractivity contribution in [2.24, 2.45) is 0 Å². The standard InChI is InChI=1S/C16H21NO2/c1-13-10-16(19-14(13)2)12-17(8-9-18)11-15-6-4-3-5-7-15/h3-7,10,18H,8-9,11-12H2,1-2H3. The van der Waals surface area contributed by atoms with E-state index >= 15 is 0 Å². The maximum absolute atomic E-state index is 9.18. The Kier molecular flexibility index (Phi) is 4.77. The van der Waals surface area contributed by atoms with Crippen LogP contribution in [0.4, 0.5) is 0 Å². The van der Waals surface area contributed by atoms with Crippen molar-refractivity contribution in [2.45, 2.75) is 26.9 Å². The molecule has 3 heteroatoms. The minimum Gasteiger partial charge on any atom is -0.465 e. The number of aliphatic hydroxyl groups is 1. The van der Waals surface area contributed by atoms with E-state index in [2.05, 4.69) is 30.0 Å². The number of hydrogen-bond donors (Lipinski definition) is 1. The first-order valence-corrected chi connectivity index (χ1v) is 6.62. The first kappa shape index (κ1) is 13.8. The van der Waals surface area contributed by atoms with Crippen LogP contribution in [0.5, 0.6) is 0 Å². The number of aliphatic hydroxyl groups excluding tert-OH is 1. The van der Waals surface area contributed by atoms with E-state index < -0.39 is 0 Å². The van der Waals surface area contributed by atoms with Crippen LogP contribution in [-0.2, 0) is 13.1 Å². The maximum atomic E-state index is 9.18. The molecule has 0 spiro atoms. The summed E-state index contributed by atoms with van der Waals surface area (Å²) in [4.78, 5) is 2.19. The van der Waals surface area contributed by atoms with Gasteiger partial charge in [-0.3, -0.25) is 4.90 Å². The molecule has 0 aliphatic rings. The van der Waals surface area contributed by atoms with Crippen molar-refractivity contribution in [2.75, 3.05) is 13.2 Å². The first-order valence-electron chi connectivity index (χ1n) is 6.62. The summed E-state index contributed by atoms with van der Waals surface area (Å²) in [5.74, 6) is 1.93. The van der Waals surface area contributed by atoms with Crippen LogP contribution in [0, 0.1) is 13.8 Å². The van der Waals surface area contributed by atoms with Gasteiger partial charge in [-0.1, -0.05) is 30.3 Å². The van der Waals surface area contributed by atoms with Crippen LogP contribution in [0.25, 0.3) is 0 Å². The fraction of sp³-hybridized carbons (Fsp3) is 0.375. The van der Waals surface area contributed by atoms with Crippen LogP contribution in [-0.4, -0.2) is 23.2 Å². The number of aryl methyl sites for hydroxylation is 2. The smallest absolute Gasteiger partial charge is 0.118 e. The quantitative estimate of drug-likeness (QED) is 0.866. The molecule has 0 aliphatic heterocycles. The Morgan fingerprint density at radius 1 is 1.11 bits per heavy atom. The van der Waals surface area contributed by atoms with Crippen molar-refractivity contribution < 1.29 is 9.52 Å². The lowest BCUT2D eigenvalue weighted by Gasteiger charge is -2.20. The molecule has 0 atom stereocenters. The molecular formula is C16H21NO2. The van der Waals surface area contributed by atoms with Gasteiger partial charge in [0.2, 0.25) is 0 Å². The number of benzene rings is 1. The number of rotatable bonds is 6. The third kappa shape index (κ3) is 3.94. The van der Waals surface area contributed by atoms with Gasteiger partial charge in [-0.25, -0.2) is 0 Å². The molecule has 2 rings (SSSR count). The van der Waals surface area contributed by atoms with Gasteiger partial charge in [-0.15, -0.1) is 0 Å². The van der Waals surface area contributed by atoms with Gasteiger partial charge in [0, 0.05) is 13.1 Å². The third-order valence-electron chi connectivity index (χ3n) is 3.26. The molecule has 1 heterocycles. The van der Waals surface area contributed by atoms with Crippen LogP contribution in [0.1, 0.15) is 22.6 Å². The van der Waals surface area contributed by atoms with Crippen LogP contribution < -0.4 is 0 Å². The summed E-state index contributed by atoms with van der Waals surface area (Å²) >= 11 is 0. The highest BCUT2D eigenvalue weighted by Crippen LogP contribution is 2.16. The first-order chi connectivity index (χ1) is 9.19. The summed E-state index contributed by atoms with van der Waals surface area (Å²) in [5.41, 5.74) is 2.43. The Hall–Kier alpha value is -1.58. The molecule has 102 valence electrons. The van der Waals surface area contributed by atoms with E-state index in [1.807, 2.05) is 25.1 Å². The van der Waals surface area contributed by atoms with Gasteiger partial charge in [0.25, 0.3) is 0 Å². The van der Waals surface area contributed by atoms with Crippen molar-refractivity contribution >= 4 is 0 Å². The molecule has 1 aromatic carbocycles. The zero-order valence-corrected chi connectivity index (χ0v) is 11.6. The summed E-state index contributed by atoms with van der Waals surface area (Å²) in [6.07, 6.45) is 0. The van der Waals surface area contributed by atoms with Gasteiger partial charge in [-0.2, -0.15) is 0 Å². The molecule has 0 saturated carbocycles. The Morgan fingerprint density at radius 3 is 2.42 bits per heavy atom. The SMILES string of the molecule is Cc1cc(CN(CCO)Cc2ccccc2)oc1C. The summed E-state index contributed by atoms with van der Waals surface area (Å²) in [6, 6.07) is 12.4. The lowest BCUT2D eigenvalue weighted by Crippen LogP contribution is -2.25. The van der Waals surface area contributed by atoms with Crippen molar-refractivity contribution in [1.29, 1.82) is 0 Å². The molecule has 0 unspecified atom stereocenters. The van der Waals surface area contributed by atoms with Gasteiger partial charge in [-0.05, 0) is 31.0 Å². The van der Waals surface area contributed by atoms with E-state index in [1.165, 1.54) is 11.1 Å². The van der Waals surface area contributed by atoms with Crippen molar-refractivity contribution in [3.63, 3.8) is 0 Å². The molecular weight excluding hydrogens is 238 g/mol. The average Bonchev–Trinajstić information content (AvgIpc) is 2.70. The van der Waals surface area contributed by atoms with Crippen LogP contribution in [0.3, 0.4) is 0 Å². The molecule has 19 heavy (non-hydrogen) atoms. The summed E-state index contributed by atoms with van der Waals surface area (Å²) < 4.78 is 5.71. The van der Waals surface area contributed by atoms with E-state index in [1.54, 1.807) is 0 Å². The summed E-state index contributed by atoms with van der Waals surface area (Å²) in [6.45, 7) is 6.38. The van der Waals surface area contributed by atoms with Gasteiger partial charge >= 0.3 is 0 Å². The predicted octanol–water partition coefficient (Wildman–Crippen LogP) is 2.89. The normalized spacial score (nSPS) is 11.2. The molecule has 1 aromatic heterocycles. The van der Waals surface area contributed by atoms with E-state index in [9.17, 15) is 5.11 Å². The van der Waals surface area contributed by atoms with Crippen LogP contribution >= 0.6 is 0 Å². The highest BCUT2D eigenvalue weighted by molar-refractivity contribution is 5.19. The topological polar surface area (TPSA) is 36.6 Å². The molecule has 0 bridgehead atoms. The largest absolute Gasteiger partial charge is 0.465 e. The lowest BCUT2D eigenvalue weighted by molar-refractivity contribution is 0.174. The predicted molar refractivity (Wildman–Crippen MR) is 75.8 cm³/mol. The van der Waals surface area contributed by atoms with Crippen molar-refractivity contribution in [3.8, 4) is 0 Å². The van der Waals surface area contributed by atoms with Gasteiger partial charge in [0.15, 0.2) is 0 Å². The van der Waals surface area contributed by atoms with E-state index in [0.717, 1.165) is 24.6 Å². The second-order valence-corrected chi connectivity index (χ2v) is 4.87. The second-order valence-electron chi connectivity index (χ2n) is 4.87. The van der Waals surface area contributed by atoms with E-state index in [0.29, 0.717) is 6.54 Å². The molecule has 0 fully saturated rings. The van der Waals surface area contributed by atoms with E-state index in [-0.39, 0.29) is 6.61 Å². The van der Waals surface area contributed by atoms with Crippen molar-refractivity contribution in [1.82, 2.24) is 4.90 Å². The zero-order chi connectivity index (χ0) is 13.7. The minimum atomic E-state index is 0.158. The molecule has 2 aromatic rings. The maximum Gasteiger partial charge on any atom is 0.118 e. The summed E-state index contributed by atoms with van der Waals surface area (Å²) in [7, 11) is 0. The number of hydrogen-bond acceptors (Lipinski definition) is 3. The fourth-order valence-electron chi connectivity index (χ4n) is 2.15. The Balaban J connectivity index is 2.03. The molecule has 0 radical (unpaired) electrons. The number of furan rings is 1.